The molecular weight excluding hydrogens is 190 g/mol. The van der Waals surface area contributed by atoms with Gasteiger partial charge < -0.3 is 10.6 Å². The van der Waals surface area contributed by atoms with Crippen molar-refractivity contribution in [3.63, 3.8) is 0 Å². The van der Waals surface area contributed by atoms with E-state index >= 15 is 0 Å². The number of aromatic nitrogens is 1. The number of pyridine rings is 1. The van der Waals surface area contributed by atoms with Gasteiger partial charge in [0, 0.05) is 19.3 Å². The van der Waals surface area contributed by atoms with Crippen molar-refractivity contribution < 1.29 is 4.79 Å². The number of nitrogens with zero attached hydrogens (tertiary/aromatic N) is 2. The van der Waals surface area contributed by atoms with E-state index < -0.39 is 0 Å². The summed E-state index contributed by atoms with van der Waals surface area (Å²) in [5, 5.41) is 0. The maximum atomic E-state index is 12.0. The molecule has 0 fully saturated rings. The maximum Gasteiger partial charge on any atom is 0.257 e. The van der Waals surface area contributed by atoms with Gasteiger partial charge in [-0.15, -0.1) is 0 Å². The molecule has 0 saturated carbocycles. The standard InChI is InChI=1S/C11H17N3O/c1-3-8-14(4-2)11(15)9-6-5-7-13-10(9)12/h5-7H,3-4,8H2,1-2H3,(H2,12,13). The SMILES string of the molecule is CCCN(CC)C(=O)c1cccnc1N. The van der Waals surface area contributed by atoms with Crippen molar-refractivity contribution in [2.75, 3.05) is 18.8 Å². The van der Waals surface area contributed by atoms with Crippen LogP contribution in [0, 0.1) is 0 Å². The van der Waals surface area contributed by atoms with Crippen molar-refractivity contribution in [3.05, 3.63) is 23.9 Å². The van der Waals surface area contributed by atoms with Crippen molar-refractivity contribution in [1.29, 1.82) is 0 Å². The second-order valence-corrected chi connectivity index (χ2v) is 3.32. The second-order valence-electron chi connectivity index (χ2n) is 3.32. The van der Waals surface area contributed by atoms with Gasteiger partial charge in [0.05, 0.1) is 5.56 Å². The summed E-state index contributed by atoms with van der Waals surface area (Å²) in [4.78, 5) is 17.7. The number of carbonyl (C=O) groups is 1. The molecule has 0 radical (unpaired) electrons. The minimum atomic E-state index is -0.0371. The van der Waals surface area contributed by atoms with Crippen molar-refractivity contribution in [2.24, 2.45) is 0 Å². The van der Waals surface area contributed by atoms with Gasteiger partial charge in [-0.1, -0.05) is 6.92 Å². The number of hydrogen-bond donors (Lipinski definition) is 1. The van der Waals surface area contributed by atoms with Gasteiger partial charge in [-0.2, -0.15) is 0 Å². The molecular formula is C11H17N3O. The molecule has 4 heteroatoms. The predicted octanol–water partition coefficient (Wildman–Crippen LogP) is 1.54. The van der Waals surface area contributed by atoms with Crippen LogP contribution in [0.3, 0.4) is 0 Å². The van der Waals surface area contributed by atoms with Gasteiger partial charge in [0.2, 0.25) is 0 Å². The lowest BCUT2D eigenvalue weighted by Gasteiger charge is -2.20. The van der Waals surface area contributed by atoms with E-state index in [4.69, 9.17) is 5.73 Å². The Hall–Kier alpha value is -1.58. The molecule has 1 aromatic heterocycles. The van der Waals surface area contributed by atoms with Crippen LogP contribution in [0.25, 0.3) is 0 Å². The largest absolute Gasteiger partial charge is 0.383 e. The van der Waals surface area contributed by atoms with E-state index in [1.54, 1.807) is 23.2 Å². The molecule has 2 N–H and O–H groups in total. The zero-order valence-electron chi connectivity index (χ0n) is 9.23. The molecule has 1 amide bonds. The summed E-state index contributed by atoms with van der Waals surface area (Å²) in [5.74, 6) is 0.266. The second kappa shape index (κ2) is 5.34. The number of nitrogen functional groups attached to an aromatic ring is 1. The molecule has 15 heavy (non-hydrogen) atoms. The fraction of sp³-hybridized carbons (Fsp3) is 0.455. The molecule has 1 rings (SSSR count). The lowest BCUT2D eigenvalue weighted by Crippen LogP contribution is -2.32. The van der Waals surface area contributed by atoms with Crippen LogP contribution in [0.4, 0.5) is 5.82 Å². The molecule has 0 bridgehead atoms. The van der Waals surface area contributed by atoms with Crippen LogP contribution in [0.1, 0.15) is 30.6 Å². The summed E-state index contributed by atoms with van der Waals surface area (Å²) in [5.41, 5.74) is 6.14. The minimum absolute atomic E-state index is 0.0371. The fourth-order valence-electron chi connectivity index (χ4n) is 1.44. The first-order valence-corrected chi connectivity index (χ1v) is 5.20. The first-order valence-electron chi connectivity index (χ1n) is 5.20. The van der Waals surface area contributed by atoms with Gasteiger partial charge in [0.15, 0.2) is 0 Å². The summed E-state index contributed by atoms with van der Waals surface area (Å²) in [6, 6.07) is 3.44. The average Bonchev–Trinajstić information content (AvgIpc) is 2.25. The quantitative estimate of drug-likeness (QED) is 0.814. The Morgan fingerprint density at radius 3 is 2.80 bits per heavy atom. The third-order valence-corrected chi connectivity index (χ3v) is 2.23. The van der Waals surface area contributed by atoms with Crippen LogP contribution >= 0.6 is 0 Å². The summed E-state index contributed by atoms with van der Waals surface area (Å²) in [6.45, 7) is 5.45. The average molecular weight is 207 g/mol. The Morgan fingerprint density at radius 2 is 2.27 bits per heavy atom. The van der Waals surface area contributed by atoms with E-state index in [0.717, 1.165) is 13.0 Å². The predicted molar refractivity (Wildman–Crippen MR) is 60.5 cm³/mol. The number of amides is 1. The Kier molecular flexibility index (Phi) is 4.09. The van der Waals surface area contributed by atoms with Crippen molar-refractivity contribution in [3.8, 4) is 0 Å². The molecule has 1 heterocycles. The Balaban J connectivity index is 2.88. The normalized spacial score (nSPS) is 10.0. The first-order chi connectivity index (χ1) is 7.20. The highest BCUT2D eigenvalue weighted by atomic mass is 16.2. The number of nitrogens with two attached hydrogens (primary N) is 1. The Labute approximate surface area is 90.1 Å². The van der Waals surface area contributed by atoms with Crippen LogP contribution in [0.5, 0.6) is 0 Å². The summed E-state index contributed by atoms with van der Waals surface area (Å²) in [6.07, 6.45) is 2.53. The molecule has 4 nitrogen and oxygen atoms in total. The van der Waals surface area contributed by atoms with Crippen LogP contribution in [0.15, 0.2) is 18.3 Å². The van der Waals surface area contributed by atoms with Gasteiger partial charge in [-0.25, -0.2) is 4.98 Å². The third kappa shape index (κ3) is 2.68. The minimum Gasteiger partial charge on any atom is -0.383 e. The lowest BCUT2D eigenvalue weighted by atomic mass is 10.2. The summed E-state index contributed by atoms with van der Waals surface area (Å²) >= 11 is 0. The van der Waals surface area contributed by atoms with Gasteiger partial charge in [0.25, 0.3) is 5.91 Å². The molecule has 0 spiro atoms. The number of hydrogen-bond acceptors (Lipinski definition) is 3. The van der Waals surface area contributed by atoms with Gasteiger partial charge in [-0.3, -0.25) is 4.79 Å². The van der Waals surface area contributed by atoms with E-state index in [1.807, 2.05) is 13.8 Å². The van der Waals surface area contributed by atoms with Crippen molar-refractivity contribution in [2.45, 2.75) is 20.3 Å². The molecule has 0 saturated heterocycles. The molecule has 0 atom stereocenters. The fourth-order valence-corrected chi connectivity index (χ4v) is 1.44. The lowest BCUT2D eigenvalue weighted by molar-refractivity contribution is 0.0765. The Morgan fingerprint density at radius 1 is 1.53 bits per heavy atom. The first kappa shape index (κ1) is 11.5. The smallest absolute Gasteiger partial charge is 0.257 e. The van der Waals surface area contributed by atoms with Crippen molar-refractivity contribution in [1.82, 2.24) is 9.88 Å². The van der Waals surface area contributed by atoms with Gasteiger partial charge in [-0.05, 0) is 25.5 Å². The van der Waals surface area contributed by atoms with Crippen LogP contribution in [-0.2, 0) is 0 Å². The van der Waals surface area contributed by atoms with E-state index in [1.165, 1.54) is 0 Å². The zero-order chi connectivity index (χ0) is 11.3. The zero-order valence-corrected chi connectivity index (χ0v) is 9.23. The highest BCUT2D eigenvalue weighted by Gasteiger charge is 2.15. The van der Waals surface area contributed by atoms with E-state index in [9.17, 15) is 4.79 Å². The summed E-state index contributed by atoms with van der Waals surface area (Å²) in [7, 11) is 0. The van der Waals surface area contributed by atoms with E-state index in [0.29, 0.717) is 17.9 Å². The van der Waals surface area contributed by atoms with Gasteiger partial charge >= 0.3 is 0 Å². The molecule has 82 valence electrons. The molecule has 0 aliphatic heterocycles. The third-order valence-electron chi connectivity index (χ3n) is 2.23. The van der Waals surface area contributed by atoms with E-state index in [-0.39, 0.29) is 5.91 Å². The highest BCUT2D eigenvalue weighted by Crippen LogP contribution is 2.10. The molecule has 0 aromatic carbocycles. The highest BCUT2D eigenvalue weighted by molar-refractivity contribution is 5.98. The maximum absolute atomic E-state index is 12.0. The molecule has 0 aliphatic rings. The van der Waals surface area contributed by atoms with E-state index in [2.05, 4.69) is 4.98 Å². The Bertz CT molecular complexity index is 338. The topological polar surface area (TPSA) is 59.2 Å². The number of anilines is 1. The molecule has 0 aliphatic carbocycles. The van der Waals surface area contributed by atoms with Crippen LogP contribution < -0.4 is 5.73 Å². The monoisotopic (exact) mass is 207 g/mol. The van der Waals surface area contributed by atoms with Crippen LogP contribution in [-0.4, -0.2) is 28.9 Å². The summed E-state index contributed by atoms with van der Waals surface area (Å²) < 4.78 is 0. The van der Waals surface area contributed by atoms with Crippen LogP contribution in [0.2, 0.25) is 0 Å². The number of rotatable bonds is 4. The number of carbonyl (C=O) groups excluding carboxylic acids is 1. The molecule has 1 aromatic rings. The van der Waals surface area contributed by atoms with Crippen molar-refractivity contribution >= 4 is 11.7 Å². The molecule has 0 unspecified atom stereocenters. The van der Waals surface area contributed by atoms with Gasteiger partial charge in [0.1, 0.15) is 5.82 Å².